The summed E-state index contributed by atoms with van der Waals surface area (Å²) >= 11 is 0. The van der Waals surface area contributed by atoms with Crippen molar-refractivity contribution in [3.63, 3.8) is 0 Å². The average Bonchev–Trinajstić information content (AvgIpc) is 2.34. The second-order valence-corrected chi connectivity index (χ2v) is 3.89. The van der Waals surface area contributed by atoms with E-state index in [0.29, 0.717) is 17.5 Å². The van der Waals surface area contributed by atoms with Gasteiger partial charge in [-0.2, -0.15) is 4.98 Å². The van der Waals surface area contributed by atoms with Crippen molar-refractivity contribution in [1.29, 1.82) is 0 Å². The predicted molar refractivity (Wildman–Crippen MR) is 68.7 cm³/mol. The molecule has 0 radical (unpaired) electrons. The lowest BCUT2D eigenvalue weighted by atomic mass is 10.3. The number of para-hydroxylation sites is 1. The van der Waals surface area contributed by atoms with Gasteiger partial charge in [-0.25, -0.2) is 4.98 Å². The molecule has 94 valence electrons. The van der Waals surface area contributed by atoms with Crippen LogP contribution in [0.5, 0.6) is 17.4 Å². The predicted octanol–water partition coefficient (Wildman–Crippen LogP) is 2.43. The molecule has 3 N–H and O–H groups in total. The normalized spacial score (nSPS) is 10.3. The number of nitrogens with zero attached hydrogens (tertiary/aromatic N) is 2. The molecular weight excluding hydrogens is 230 g/mol. The van der Waals surface area contributed by atoms with Crippen molar-refractivity contribution < 1.29 is 9.84 Å². The Balaban J connectivity index is 2.34. The summed E-state index contributed by atoms with van der Waals surface area (Å²) in [7, 11) is 0. The molecule has 0 atom stereocenters. The van der Waals surface area contributed by atoms with Crippen LogP contribution in [-0.4, -0.2) is 15.1 Å². The maximum atomic E-state index is 9.50. The monoisotopic (exact) mass is 245 g/mol. The van der Waals surface area contributed by atoms with Gasteiger partial charge in [0.25, 0.3) is 0 Å². The van der Waals surface area contributed by atoms with E-state index in [2.05, 4.69) is 9.97 Å². The van der Waals surface area contributed by atoms with E-state index in [-0.39, 0.29) is 11.4 Å². The summed E-state index contributed by atoms with van der Waals surface area (Å²) in [5, 5.41) is 9.50. The molecule has 0 amide bonds. The van der Waals surface area contributed by atoms with Crippen LogP contribution in [0.3, 0.4) is 0 Å². The second kappa shape index (κ2) is 4.91. The number of aryl methyl sites for hydroxylation is 2. The highest BCUT2D eigenvalue weighted by Gasteiger charge is 2.08. The highest BCUT2D eigenvalue weighted by atomic mass is 16.5. The van der Waals surface area contributed by atoms with Crippen LogP contribution in [0.4, 0.5) is 5.69 Å². The fourth-order valence-corrected chi connectivity index (χ4v) is 1.57. The molecule has 5 heteroatoms. The largest absolute Gasteiger partial charge is 0.506 e. The van der Waals surface area contributed by atoms with Crippen molar-refractivity contribution in [1.82, 2.24) is 9.97 Å². The van der Waals surface area contributed by atoms with Crippen LogP contribution in [0.1, 0.15) is 18.4 Å². The number of phenolic OH excluding ortho intramolecular Hbond substituents is 1. The van der Waals surface area contributed by atoms with Crippen LogP contribution in [-0.2, 0) is 6.42 Å². The van der Waals surface area contributed by atoms with Gasteiger partial charge in [0.15, 0.2) is 5.75 Å². The fourth-order valence-electron chi connectivity index (χ4n) is 1.57. The Morgan fingerprint density at radius 3 is 2.83 bits per heavy atom. The number of phenols is 1. The quantitative estimate of drug-likeness (QED) is 0.641. The second-order valence-electron chi connectivity index (χ2n) is 3.89. The van der Waals surface area contributed by atoms with Gasteiger partial charge in [-0.3, -0.25) is 0 Å². The number of hydrogen-bond acceptors (Lipinski definition) is 5. The van der Waals surface area contributed by atoms with Gasteiger partial charge in [-0.05, 0) is 25.5 Å². The van der Waals surface area contributed by atoms with Crippen molar-refractivity contribution in [2.75, 3.05) is 5.73 Å². The number of benzene rings is 1. The summed E-state index contributed by atoms with van der Waals surface area (Å²) in [4.78, 5) is 8.44. The molecule has 1 aromatic heterocycles. The van der Waals surface area contributed by atoms with E-state index >= 15 is 0 Å². The Bertz CT molecular complexity index is 570. The van der Waals surface area contributed by atoms with E-state index in [1.54, 1.807) is 25.1 Å². The Morgan fingerprint density at radius 1 is 1.33 bits per heavy atom. The molecule has 0 aliphatic rings. The number of nitrogens with two attached hydrogens (primary N) is 1. The van der Waals surface area contributed by atoms with Crippen molar-refractivity contribution in [2.24, 2.45) is 0 Å². The molecular formula is C13H15N3O2. The summed E-state index contributed by atoms with van der Waals surface area (Å²) in [6.45, 7) is 3.81. The van der Waals surface area contributed by atoms with Crippen molar-refractivity contribution >= 4 is 5.69 Å². The first-order valence-corrected chi connectivity index (χ1v) is 5.70. The zero-order chi connectivity index (χ0) is 13.1. The highest BCUT2D eigenvalue weighted by Crippen LogP contribution is 2.32. The summed E-state index contributed by atoms with van der Waals surface area (Å²) in [5.41, 5.74) is 6.82. The maximum absolute atomic E-state index is 9.50. The van der Waals surface area contributed by atoms with Crippen LogP contribution >= 0.6 is 0 Å². The molecule has 0 saturated heterocycles. The number of aromatic nitrogens is 2. The molecule has 0 aliphatic carbocycles. The molecule has 0 aliphatic heterocycles. The smallest absolute Gasteiger partial charge is 0.222 e. The van der Waals surface area contributed by atoms with Crippen molar-refractivity contribution in [3.8, 4) is 17.4 Å². The topological polar surface area (TPSA) is 81.3 Å². The van der Waals surface area contributed by atoms with Crippen molar-refractivity contribution in [2.45, 2.75) is 20.3 Å². The van der Waals surface area contributed by atoms with Gasteiger partial charge < -0.3 is 15.6 Å². The molecule has 2 aromatic rings. The zero-order valence-electron chi connectivity index (χ0n) is 10.3. The first-order valence-electron chi connectivity index (χ1n) is 5.70. The maximum Gasteiger partial charge on any atom is 0.222 e. The van der Waals surface area contributed by atoms with E-state index in [1.165, 1.54) is 6.07 Å². The molecule has 5 nitrogen and oxygen atoms in total. The number of anilines is 1. The Morgan fingerprint density at radius 2 is 2.11 bits per heavy atom. The number of nitrogen functional groups attached to an aromatic ring is 1. The van der Waals surface area contributed by atoms with Gasteiger partial charge >= 0.3 is 0 Å². The third-order valence-electron chi connectivity index (χ3n) is 2.49. The van der Waals surface area contributed by atoms with E-state index in [4.69, 9.17) is 10.5 Å². The van der Waals surface area contributed by atoms with Crippen molar-refractivity contribution in [3.05, 3.63) is 35.8 Å². The van der Waals surface area contributed by atoms with Crippen LogP contribution < -0.4 is 10.5 Å². The van der Waals surface area contributed by atoms with Crippen LogP contribution in [0.2, 0.25) is 0 Å². The van der Waals surface area contributed by atoms with Gasteiger partial charge in [0, 0.05) is 11.8 Å². The summed E-state index contributed by atoms with van der Waals surface area (Å²) in [6.07, 6.45) is 0.801. The van der Waals surface area contributed by atoms with Gasteiger partial charge in [0.2, 0.25) is 5.88 Å². The minimum absolute atomic E-state index is 0.00556. The lowest BCUT2D eigenvalue weighted by Gasteiger charge is -2.09. The standard InChI is InChI=1S/C13H15N3O2/c1-3-9-7-12(16-8(2)15-9)18-11-6-4-5-10(17)13(11)14/h4-7,17H,3,14H2,1-2H3. The molecule has 0 fully saturated rings. The van der Waals surface area contributed by atoms with Crippen LogP contribution in [0, 0.1) is 6.92 Å². The molecule has 1 heterocycles. The Hall–Kier alpha value is -2.30. The SMILES string of the molecule is CCc1cc(Oc2cccc(O)c2N)nc(C)n1. The number of rotatable bonds is 3. The third-order valence-corrected chi connectivity index (χ3v) is 2.49. The van der Waals surface area contributed by atoms with Gasteiger partial charge in [-0.15, -0.1) is 0 Å². The molecule has 0 bridgehead atoms. The zero-order valence-corrected chi connectivity index (χ0v) is 10.3. The summed E-state index contributed by atoms with van der Waals surface area (Å²) in [6, 6.07) is 6.61. The molecule has 18 heavy (non-hydrogen) atoms. The van der Waals surface area contributed by atoms with Crippen LogP contribution in [0.15, 0.2) is 24.3 Å². The molecule has 1 aromatic carbocycles. The average molecular weight is 245 g/mol. The third kappa shape index (κ3) is 2.51. The Labute approximate surface area is 105 Å². The number of hydrogen-bond donors (Lipinski definition) is 2. The minimum Gasteiger partial charge on any atom is -0.506 e. The Kier molecular flexibility index (Phi) is 3.32. The van der Waals surface area contributed by atoms with Gasteiger partial charge in [0.1, 0.15) is 17.3 Å². The highest BCUT2D eigenvalue weighted by molar-refractivity contribution is 5.62. The molecule has 0 saturated carbocycles. The summed E-state index contributed by atoms with van der Waals surface area (Å²) in [5.74, 6) is 1.45. The lowest BCUT2D eigenvalue weighted by molar-refractivity contribution is 0.447. The fraction of sp³-hybridized carbons (Fsp3) is 0.231. The lowest BCUT2D eigenvalue weighted by Crippen LogP contribution is -1.99. The van der Waals surface area contributed by atoms with Crippen LogP contribution in [0.25, 0.3) is 0 Å². The van der Waals surface area contributed by atoms with E-state index in [9.17, 15) is 5.11 Å². The minimum atomic E-state index is -0.00556. The van der Waals surface area contributed by atoms with E-state index in [1.807, 2.05) is 6.92 Å². The number of ether oxygens (including phenoxy) is 1. The number of aromatic hydroxyl groups is 1. The van der Waals surface area contributed by atoms with Gasteiger partial charge in [0.05, 0.1) is 0 Å². The molecule has 0 spiro atoms. The summed E-state index contributed by atoms with van der Waals surface area (Å²) < 4.78 is 5.58. The van der Waals surface area contributed by atoms with E-state index < -0.39 is 0 Å². The van der Waals surface area contributed by atoms with E-state index in [0.717, 1.165) is 12.1 Å². The van der Waals surface area contributed by atoms with Gasteiger partial charge in [-0.1, -0.05) is 13.0 Å². The first-order chi connectivity index (χ1) is 8.60. The molecule has 0 unspecified atom stereocenters. The molecule has 2 rings (SSSR count). The first kappa shape index (κ1) is 12.2.